The molecular formula is C25H15ClF5N5O4. The van der Waals surface area contributed by atoms with Gasteiger partial charge in [-0.1, -0.05) is 35.9 Å². The van der Waals surface area contributed by atoms with E-state index in [0.29, 0.717) is 6.33 Å². The Hall–Kier alpha value is -4.61. The highest BCUT2D eigenvalue weighted by Crippen LogP contribution is 2.35. The number of hydrogen-bond acceptors (Lipinski definition) is 7. The summed E-state index contributed by atoms with van der Waals surface area (Å²) >= 11 is 5.88. The predicted molar refractivity (Wildman–Crippen MR) is 130 cm³/mol. The molecule has 2 N–H and O–H groups in total. The second-order valence-corrected chi connectivity index (χ2v) is 8.68. The fraction of sp³-hybridized carbons (Fsp3) is 0.160. The highest BCUT2D eigenvalue weighted by atomic mass is 35.5. The number of hydrogen-bond donors (Lipinski definition) is 2. The second kappa shape index (κ2) is 11.2. The van der Waals surface area contributed by atoms with Crippen molar-refractivity contribution in [3.05, 3.63) is 103 Å². The van der Waals surface area contributed by atoms with Gasteiger partial charge in [0.15, 0.2) is 5.69 Å². The fourth-order valence-corrected chi connectivity index (χ4v) is 3.83. The molecule has 2 aromatic carbocycles. The van der Waals surface area contributed by atoms with Gasteiger partial charge in [0.05, 0.1) is 35.8 Å². The summed E-state index contributed by atoms with van der Waals surface area (Å²) in [6.07, 6.45) is -9.48. The number of aromatic nitrogens is 4. The summed E-state index contributed by atoms with van der Waals surface area (Å²) in [4.78, 5) is 28.8. The second-order valence-electron chi connectivity index (χ2n) is 8.25. The number of H-pyrrole nitrogens is 1. The maximum Gasteiger partial charge on any atom is 0.437 e. The zero-order chi connectivity index (χ0) is 29.2. The highest BCUT2D eigenvalue weighted by Gasteiger charge is 2.39. The molecule has 9 nitrogen and oxygen atoms in total. The smallest absolute Gasteiger partial charge is 0.437 e. The number of nitrogens with zero attached hydrogens (tertiary/aromatic N) is 4. The number of nitrogens with one attached hydrogen (secondary N) is 1. The molecule has 0 radical (unpaired) electrons. The number of alkyl halides is 5. The molecule has 0 fully saturated rings. The summed E-state index contributed by atoms with van der Waals surface area (Å²) < 4.78 is 72.4. The first kappa shape index (κ1) is 28.4. The summed E-state index contributed by atoms with van der Waals surface area (Å²) in [5.74, 6) is -1.49. The molecule has 206 valence electrons. The lowest BCUT2D eigenvalue weighted by Gasteiger charge is -2.15. The van der Waals surface area contributed by atoms with Gasteiger partial charge in [0.25, 0.3) is 17.5 Å². The quantitative estimate of drug-likeness (QED) is 0.304. The van der Waals surface area contributed by atoms with Gasteiger partial charge in [0.1, 0.15) is 11.9 Å². The Morgan fingerprint density at radius 1 is 1.12 bits per heavy atom. The maximum absolute atomic E-state index is 13.6. The van der Waals surface area contributed by atoms with E-state index in [1.165, 1.54) is 36.4 Å². The van der Waals surface area contributed by atoms with Gasteiger partial charge in [0, 0.05) is 5.02 Å². The van der Waals surface area contributed by atoms with Gasteiger partial charge in [-0.3, -0.25) is 14.2 Å². The van der Waals surface area contributed by atoms with Crippen LogP contribution in [0.4, 0.5) is 22.0 Å². The van der Waals surface area contributed by atoms with Crippen LogP contribution in [0.2, 0.25) is 5.02 Å². The van der Waals surface area contributed by atoms with Gasteiger partial charge >= 0.3 is 6.18 Å². The molecule has 1 atom stereocenters. The predicted octanol–water partition coefficient (Wildman–Crippen LogP) is 4.68. The number of benzene rings is 2. The monoisotopic (exact) mass is 579 g/mol. The Balaban J connectivity index is 1.71. The van der Waals surface area contributed by atoms with Gasteiger partial charge in [-0.05, 0) is 35.4 Å². The topological polar surface area (TPSA) is 134 Å². The lowest BCUT2D eigenvalue weighted by molar-refractivity contribution is -0.142. The van der Waals surface area contributed by atoms with E-state index in [0.717, 1.165) is 16.7 Å². The van der Waals surface area contributed by atoms with Crippen LogP contribution in [0.1, 0.15) is 28.6 Å². The molecule has 0 amide bonds. The van der Waals surface area contributed by atoms with E-state index in [-0.39, 0.29) is 38.7 Å². The van der Waals surface area contributed by atoms with E-state index < -0.39 is 47.8 Å². The van der Waals surface area contributed by atoms with Crippen LogP contribution in [-0.2, 0) is 12.7 Å². The van der Waals surface area contributed by atoms with Gasteiger partial charge < -0.3 is 9.84 Å². The standard InChI is InChI=1S/C25H15ClF5N5O4/c26-15-5-12(9-32)6-17(7-15)40-20-21(25(29,30)31)33-11-36(24(20)39)10-16-8-18(23(38)35-34-16)13-1-3-14(4-2-13)19(37)22(27)28/h1-8,11,19,22,37H,10H2,(H,35,38). The molecule has 0 aliphatic carbocycles. The lowest BCUT2D eigenvalue weighted by Crippen LogP contribution is -2.27. The molecule has 4 aromatic rings. The minimum atomic E-state index is -5.07. The molecule has 2 aromatic heterocycles. The van der Waals surface area contributed by atoms with Crippen LogP contribution in [0.25, 0.3) is 11.1 Å². The average Bonchev–Trinajstić information content (AvgIpc) is 2.90. The first-order valence-corrected chi connectivity index (χ1v) is 11.5. The molecule has 0 bridgehead atoms. The van der Waals surface area contributed by atoms with E-state index in [9.17, 15) is 36.6 Å². The molecule has 40 heavy (non-hydrogen) atoms. The normalized spacial score (nSPS) is 12.3. The van der Waals surface area contributed by atoms with E-state index in [4.69, 9.17) is 21.6 Å². The van der Waals surface area contributed by atoms with Gasteiger partial charge in [-0.25, -0.2) is 18.9 Å². The van der Waals surface area contributed by atoms with Crippen LogP contribution in [0.15, 0.2) is 64.4 Å². The minimum absolute atomic E-state index is 0.00967. The summed E-state index contributed by atoms with van der Waals surface area (Å²) in [5.41, 5.74) is -3.36. The van der Waals surface area contributed by atoms with Crippen LogP contribution in [-0.4, -0.2) is 31.3 Å². The summed E-state index contributed by atoms with van der Waals surface area (Å²) in [6.45, 7) is -0.453. The van der Waals surface area contributed by atoms with E-state index in [2.05, 4.69) is 15.2 Å². The number of aliphatic hydroxyl groups excluding tert-OH is 1. The molecule has 0 aliphatic heterocycles. The van der Waals surface area contributed by atoms with Crippen molar-refractivity contribution in [2.24, 2.45) is 0 Å². The number of aliphatic hydroxyl groups is 1. The van der Waals surface area contributed by atoms with Gasteiger partial charge in [0.2, 0.25) is 5.75 Å². The van der Waals surface area contributed by atoms with Crippen LogP contribution in [0.3, 0.4) is 0 Å². The molecular weight excluding hydrogens is 565 g/mol. The Morgan fingerprint density at radius 3 is 2.45 bits per heavy atom. The van der Waals surface area contributed by atoms with Crippen LogP contribution < -0.4 is 15.9 Å². The van der Waals surface area contributed by atoms with Gasteiger partial charge in [-0.15, -0.1) is 0 Å². The summed E-state index contributed by atoms with van der Waals surface area (Å²) in [7, 11) is 0. The third-order valence-corrected chi connectivity index (χ3v) is 5.69. The van der Waals surface area contributed by atoms with Gasteiger partial charge in [-0.2, -0.15) is 23.5 Å². The summed E-state index contributed by atoms with van der Waals surface area (Å²) in [6, 6.07) is 11.5. The Labute approximate surface area is 225 Å². The molecule has 1 unspecified atom stereocenters. The molecule has 15 heteroatoms. The van der Waals surface area contributed by atoms with Crippen molar-refractivity contribution in [2.45, 2.75) is 25.3 Å². The first-order valence-electron chi connectivity index (χ1n) is 11.1. The van der Waals surface area contributed by atoms with Crippen molar-refractivity contribution in [1.82, 2.24) is 19.7 Å². The minimum Gasteiger partial charge on any atom is -0.449 e. The lowest BCUT2D eigenvalue weighted by atomic mass is 10.0. The van der Waals surface area contributed by atoms with Crippen LogP contribution >= 0.6 is 11.6 Å². The van der Waals surface area contributed by atoms with Crippen molar-refractivity contribution in [3.63, 3.8) is 0 Å². The molecule has 0 aliphatic rings. The molecule has 2 heterocycles. The van der Waals surface area contributed by atoms with Crippen molar-refractivity contribution in [3.8, 4) is 28.7 Å². The number of halogens is 6. The zero-order valence-electron chi connectivity index (χ0n) is 19.8. The number of ether oxygens (including phenoxy) is 1. The number of rotatable bonds is 7. The molecule has 4 rings (SSSR count). The third-order valence-electron chi connectivity index (χ3n) is 5.48. The molecule has 0 spiro atoms. The fourth-order valence-electron chi connectivity index (χ4n) is 3.60. The van der Waals surface area contributed by atoms with Crippen molar-refractivity contribution in [1.29, 1.82) is 5.26 Å². The van der Waals surface area contributed by atoms with Crippen molar-refractivity contribution >= 4 is 11.6 Å². The molecule has 0 saturated carbocycles. The first-order chi connectivity index (χ1) is 18.9. The van der Waals surface area contributed by atoms with Crippen LogP contribution in [0.5, 0.6) is 11.5 Å². The zero-order valence-corrected chi connectivity index (χ0v) is 20.5. The van der Waals surface area contributed by atoms with E-state index in [1.54, 1.807) is 6.07 Å². The third kappa shape index (κ3) is 6.16. The van der Waals surface area contributed by atoms with E-state index in [1.807, 2.05) is 0 Å². The maximum atomic E-state index is 13.6. The average molecular weight is 580 g/mol. The van der Waals surface area contributed by atoms with Crippen molar-refractivity contribution < 1.29 is 31.8 Å². The SMILES string of the molecule is N#Cc1cc(Cl)cc(Oc2c(C(F)(F)F)ncn(Cc3cc(-c4ccc(C(O)C(F)F)cc4)c(=O)[nH]n3)c2=O)c1. The highest BCUT2D eigenvalue weighted by molar-refractivity contribution is 6.30. The Bertz CT molecular complexity index is 1720. The largest absolute Gasteiger partial charge is 0.449 e. The van der Waals surface area contributed by atoms with E-state index >= 15 is 0 Å². The Kier molecular flexibility index (Phi) is 7.98. The Morgan fingerprint density at radius 2 is 1.82 bits per heavy atom. The number of aromatic amines is 1. The number of nitriles is 1. The van der Waals surface area contributed by atoms with Crippen LogP contribution in [0, 0.1) is 11.3 Å². The summed E-state index contributed by atoms with van der Waals surface area (Å²) in [5, 5.41) is 24.6. The molecule has 0 saturated heterocycles. The van der Waals surface area contributed by atoms with Crippen molar-refractivity contribution in [2.75, 3.05) is 0 Å².